The van der Waals surface area contributed by atoms with E-state index in [2.05, 4.69) is 0 Å². The predicted octanol–water partition coefficient (Wildman–Crippen LogP) is 3.84. The maximum absolute atomic E-state index is 13.1. The first kappa shape index (κ1) is 21.8. The molecule has 6 nitrogen and oxygen atoms in total. The van der Waals surface area contributed by atoms with Crippen molar-refractivity contribution in [3.05, 3.63) is 65.7 Å². The highest BCUT2D eigenvalue weighted by atomic mass is 16.5. The molecule has 2 aromatic carbocycles. The van der Waals surface area contributed by atoms with Crippen LogP contribution in [0.3, 0.4) is 0 Å². The van der Waals surface area contributed by atoms with Crippen molar-refractivity contribution in [2.75, 3.05) is 26.4 Å². The Bertz CT molecular complexity index is 800. The van der Waals surface area contributed by atoms with Gasteiger partial charge in [0.15, 0.2) is 0 Å². The molecular formula is C24H29NO5. The van der Waals surface area contributed by atoms with Gasteiger partial charge in [-0.1, -0.05) is 30.3 Å². The predicted molar refractivity (Wildman–Crippen MR) is 113 cm³/mol. The van der Waals surface area contributed by atoms with Crippen LogP contribution >= 0.6 is 0 Å². The summed E-state index contributed by atoms with van der Waals surface area (Å²) in [6, 6.07) is 16.9. The molecule has 0 bridgehead atoms. The smallest absolute Gasteiger partial charge is 0.307 e. The largest absolute Gasteiger partial charge is 0.491 e. The molecule has 1 aliphatic rings. The number of benzene rings is 2. The van der Waals surface area contributed by atoms with Crippen molar-refractivity contribution in [1.82, 2.24) is 4.90 Å². The minimum Gasteiger partial charge on any atom is -0.491 e. The molecule has 0 radical (unpaired) electrons. The second-order valence-electron chi connectivity index (χ2n) is 7.24. The van der Waals surface area contributed by atoms with Crippen molar-refractivity contribution in [2.24, 2.45) is 0 Å². The Hall–Kier alpha value is -2.86. The van der Waals surface area contributed by atoms with Gasteiger partial charge in [-0.3, -0.25) is 9.59 Å². The summed E-state index contributed by atoms with van der Waals surface area (Å²) >= 11 is 0. The summed E-state index contributed by atoms with van der Waals surface area (Å²) in [5.41, 5.74) is 1.56. The maximum Gasteiger partial charge on any atom is 0.307 e. The van der Waals surface area contributed by atoms with Crippen LogP contribution in [0.25, 0.3) is 0 Å². The monoisotopic (exact) mass is 411 g/mol. The fourth-order valence-corrected chi connectivity index (χ4v) is 3.36. The number of hydrogen-bond donors (Lipinski definition) is 0. The van der Waals surface area contributed by atoms with Gasteiger partial charge < -0.3 is 19.1 Å². The van der Waals surface area contributed by atoms with E-state index in [1.54, 1.807) is 36.1 Å². The van der Waals surface area contributed by atoms with E-state index >= 15 is 0 Å². The fourth-order valence-electron chi connectivity index (χ4n) is 3.36. The summed E-state index contributed by atoms with van der Waals surface area (Å²) in [7, 11) is 0. The summed E-state index contributed by atoms with van der Waals surface area (Å²) in [4.78, 5) is 26.6. The molecule has 0 aliphatic carbocycles. The number of amides is 1. The average molecular weight is 411 g/mol. The zero-order chi connectivity index (χ0) is 21.2. The molecule has 1 fully saturated rings. The quantitative estimate of drug-likeness (QED) is 0.556. The topological polar surface area (TPSA) is 65.1 Å². The van der Waals surface area contributed by atoms with Crippen molar-refractivity contribution in [3.63, 3.8) is 0 Å². The molecule has 160 valence electrons. The van der Waals surface area contributed by atoms with E-state index in [0.29, 0.717) is 37.6 Å². The van der Waals surface area contributed by atoms with Gasteiger partial charge in [-0.05, 0) is 49.6 Å². The lowest BCUT2D eigenvalue weighted by atomic mass is 10.1. The molecule has 0 saturated carbocycles. The highest BCUT2D eigenvalue weighted by Crippen LogP contribution is 2.18. The number of rotatable bonds is 10. The molecule has 1 aliphatic heterocycles. The van der Waals surface area contributed by atoms with E-state index in [1.165, 1.54) is 0 Å². The van der Waals surface area contributed by atoms with Crippen molar-refractivity contribution in [1.29, 1.82) is 0 Å². The van der Waals surface area contributed by atoms with Crippen LogP contribution in [0.4, 0.5) is 0 Å². The van der Waals surface area contributed by atoms with Gasteiger partial charge in [0.25, 0.3) is 5.91 Å². The SMILES string of the molecule is CCOC(=O)CCN(Cc1ccccc1)C(=O)c1ccc(OCC2CCCO2)cc1. The van der Waals surface area contributed by atoms with Crippen LogP contribution in [0.2, 0.25) is 0 Å². The van der Waals surface area contributed by atoms with Gasteiger partial charge in [-0.15, -0.1) is 0 Å². The second-order valence-corrected chi connectivity index (χ2v) is 7.24. The van der Waals surface area contributed by atoms with Gasteiger partial charge in [-0.25, -0.2) is 0 Å². The van der Waals surface area contributed by atoms with Gasteiger partial charge in [0.1, 0.15) is 12.4 Å². The lowest BCUT2D eigenvalue weighted by molar-refractivity contribution is -0.143. The third kappa shape index (κ3) is 6.59. The van der Waals surface area contributed by atoms with E-state index in [4.69, 9.17) is 14.2 Å². The lowest BCUT2D eigenvalue weighted by Crippen LogP contribution is -2.33. The molecule has 1 saturated heterocycles. The molecule has 0 N–H and O–H groups in total. The first-order chi connectivity index (χ1) is 14.7. The van der Waals surface area contributed by atoms with E-state index < -0.39 is 0 Å². The summed E-state index contributed by atoms with van der Waals surface area (Å²) in [6.45, 7) is 4.14. The Morgan fingerprint density at radius 2 is 1.87 bits per heavy atom. The van der Waals surface area contributed by atoms with Gasteiger partial charge in [0, 0.05) is 25.3 Å². The van der Waals surface area contributed by atoms with Gasteiger partial charge in [0.2, 0.25) is 0 Å². The Balaban J connectivity index is 1.63. The fraction of sp³-hybridized carbons (Fsp3) is 0.417. The third-order valence-corrected chi connectivity index (χ3v) is 4.96. The number of nitrogens with zero attached hydrogens (tertiary/aromatic N) is 1. The van der Waals surface area contributed by atoms with Crippen LogP contribution in [0.15, 0.2) is 54.6 Å². The molecule has 1 heterocycles. The van der Waals surface area contributed by atoms with E-state index in [9.17, 15) is 9.59 Å². The molecule has 1 atom stereocenters. The minimum absolute atomic E-state index is 0.131. The number of carbonyl (C=O) groups excluding carboxylic acids is 2. The average Bonchev–Trinajstić information content (AvgIpc) is 3.30. The second kappa shape index (κ2) is 11.4. The molecule has 1 amide bonds. The standard InChI is InChI=1S/C24H29NO5/c1-2-28-23(26)14-15-25(17-19-7-4-3-5-8-19)24(27)20-10-12-21(13-11-20)30-18-22-9-6-16-29-22/h3-5,7-8,10-13,22H,2,6,9,14-18H2,1H3. The highest BCUT2D eigenvalue weighted by Gasteiger charge is 2.19. The Kier molecular flexibility index (Phi) is 8.27. The summed E-state index contributed by atoms with van der Waals surface area (Å²) in [5, 5.41) is 0. The number of ether oxygens (including phenoxy) is 3. The summed E-state index contributed by atoms with van der Waals surface area (Å²) in [5.74, 6) is 0.276. The van der Waals surface area contributed by atoms with Crippen molar-refractivity contribution in [3.8, 4) is 5.75 Å². The van der Waals surface area contributed by atoms with Crippen molar-refractivity contribution >= 4 is 11.9 Å². The number of carbonyl (C=O) groups is 2. The molecule has 1 unspecified atom stereocenters. The lowest BCUT2D eigenvalue weighted by Gasteiger charge is -2.23. The van der Waals surface area contributed by atoms with Crippen LogP contribution in [0, 0.1) is 0 Å². The summed E-state index contributed by atoms with van der Waals surface area (Å²) < 4.78 is 16.3. The molecule has 3 rings (SSSR count). The Labute approximate surface area is 177 Å². The summed E-state index contributed by atoms with van der Waals surface area (Å²) in [6.07, 6.45) is 2.40. The normalized spacial score (nSPS) is 15.6. The van der Waals surface area contributed by atoms with Gasteiger partial charge in [-0.2, -0.15) is 0 Å². The van der Waals surface area contributed by atoms with Gasteiger partial charge in [0.05, 0.1) is 19.1 Å². The Morgan fingerprint density at radius 3 is 2.53 bits per heavy atom. The van der Waals surface area contributed by atoms with Crippen molar-refractivity contribution in [2.45, 2.75) is 38.8 Å². The van der Waals surface area contributed by atoms with E-state index in [0.717, 1.165) is 25.0 Å². The van der Waals surface area contributed by atoms with E-state index in [-0.39, 0.29) is 24.4 Å². The zero-order valence-corrected chi connectivity index (χ0v) is 17.4. The maximum atomic E-state index is 13.1. The first-order valence-electron chi connectivity index (χ1n) is 10.5. The van der Waals surface area contributed by atoms with Crippen LogP contribution in [0.5, 0.6) is 5.75 Å². The molecule has 30 heavy (non-hydrogen) atoms. The first-order valence-corrected chi connectivity index (χ1v) is 10.5. The van der Waals surface area contributed by atoms with Crippen LogP contribution < -0.4 is 4.74 Å². The minimum atomic E-state index is -0.304. The van der Waals surface area contributed by atoms with Crippen LogP contribution in [-0.2, 0) is 20.8 Å². The number of esters is 1. The molecule has 6 heteroatoms. The highest BCUT2D eigenvalue weighted by molar-refractivity contribution is 5.94. The number of hydrogen-bond acceptors (Lipinski definition) is 5. The van der Waals surface area contributed by atoms with Crippen LogP contribution in [-0.4, -0.2) is 49.2 Å². The van der Waals surface area contributed by atoms with E-state index in [1.807, 2.05) is 30.3 Å². The van der Waals surface area contributed by atoms with Crippen LogP contribution in [0.1, 0.15) is 42.1 Å². The van der Waals surface area contributed by atoms with Crippen molar-refractivity contribution < 1.29 is 23.8 Å². The Morgan fingerprint density at radius 1 is 1.10 bits per heavy atom. The zero-order valence-electron chi connectivity index (χ0n) is 17.4. The third-order valence-electron chi connectivity index (χ3n) is 4.96. The van der Waals surface area contributed by atoms with Gasteiger partial charge >= 0.3 is 5.97 Å². The molecular weight excluding hydrogens is 382 g/mol. The molecule has 0 aromatic heterocycles. The molecule has 2 aromatic rings. The molecule has 0 spiro atoms.